The van der Waals surface area contributed by atoms with Crippen molar-refractivity contribution in [3.05, 3.63) is 134 Å². The van der Waals surface area contributed by atoms with E-state index < -0.39 is 26.5 Å². The van der Waals surface area contributed by atoms with Crippen molar-refractivity contribution >= 4 is 19.8 Å². The maximum absolute atomic E-state index is 12.9. The van der Waals surface area contributed by atoms with E-state index in [4.69, 9.17) is 18.5 Å². The quantitative estimate of drug-likeness (QED) is 0.0211. The number of hydrogen-bond donors (Lipinski definition) is 1. The molecule has 0 rings (SSSR count). The summed E-state index contributed by atoms with van der Waals surface area (Å²) in [7, 11) is 1.47. The lowest BCUT2D eigenvalue weighted by Crippen LogP contribution is -2.37. The molecule has 480 valence electrons. The maximum atomic E-state index is 12.9. The molecule has 1 N–H and O–H groups in total. The van der Waals surface area contributed by atoms with Gasteiger partial charge in [-0.25, -0.2) is 4.57 Å². The number of allylic oxidation sites excluding steroid dienone is 22. The first-order valence-corrected chi connectivity index (χ1v) is 35.4. The Labute approximate surface area is 517 Å². The van der Waals surface area contributed by atoms with E-state index in [1.165, 1.54) is 122 Å². The highest BCUT2D eigenvalue weighted by atomic mass is 31.2. The van der Waals surface area contributed by atoms with Crippen LogP contribution in [0.1, 0.15) is 271 Å². The number of likely N-dealkylation sites (N-methyl/N-ethyl adjacent to an activating group) is 1. The van der Waals surface area contributed by atoms with E-state index in [0.717, 1.165) is 116 Å². The lowest BCUT2D eigenvalue weighted by molar-refractivity contribution is -0.870. The Morgan fingerprint density at radius 1 is 0.369 bits per heavy atom. The molecule has 0 aliphatic carbocycles. The van der Waals surface area contributed by atoms with Crippen molar-refractivity contribution in [3.63, 3.8) is 0 Å². The van der Waals surface area contributed by atoms with Crippen LogP contribution >= 0.6 is 7.82 Å². The standard InChI is InChI=1S/C74H126NO8P/c1-6-8-10-12-14-16-18-20-22-24-26-28-30-31-32-33-34-35-36-37-38-39-40-41-42-43-45-47-49-51-53-55-57-59-61-63-65-67-74(77)83-72(71-82-84(78,79)81-69-68-75(3,4)5)70-80-73(76)66-64-62-60-58-56-54-52-50-48-46-44-29-27-25-23-21-19-17-15-13-11-9-7-2/h8-11,14-17,20-23,26-29,31-32,34-35,37-38,72H,6-7,12-13,18-19,24-25,30,33,36,39-71H2,1-5H3/p+1/b10-8-,11-9-,16-14-,17-15-,22-20-,23-21-,28-26-,29-27-,32-31-,35-34-,38-37-. The summed E-state index contributed by atoms with van der Waals surface area (Å²) in [6, 6.07) is 0. The van der Waals surface area contributed by atoms with Gasteiger partial charge in [0.05, 0.1) is 27.7 Å². The summed E-state index contributed by atoms with van der Waals surface area (Å²) < 4.78 is 34.7. The zero-order chi connectivity index (χ0) is 61.2. The molecule has 0 bridgehead atoms. The predicted molar refractivity (Wildman–Crippen MR) is 362 cm³/mol. The van der Waals surface area contributed by atoms with Crippen LogP contribution in [0.2, 0.25) is 0 Å². The predicted octanol–water partition coefficient (Wildman–Crippen LogP) is 22.0. The van der Waals surface area contributed by atoms with Gasteiger partial charge in [-0.3, -0.25) is 18.6 Å². The smallest absolute Gasteiger partial charge is 0.462 e. The van der Waals surface area contributed by atoms with Crippen molar-refractivity contribution in [2.24, 2.45) is 0 Å². The summed E-state index contributed by atoms with van der Waals surface area (Å²) in [5, 5.41) is 0. The molecule has 2 atom stereocenters. The molecule has 0 saturated carbocycles. The minimum atomic E-state index is -4.40. The fraction of sp³-hybridized carbons (Fsp3) is 0.676. The molecular weight excluding hydrogens is 1060 g/mol. The summed E-state index contributed by atoms with van der Waals surface area (Å²) in [5.74, 6) is -0.803. The average Bonchev–Trinajstić information content (AvgIpc) is 3.61. The van der Waals surface area contributed by atoms with Crippen molar-refractivity contribution < 1.29 is 42.1 Å². The Bertz CT molecular complexity index is 1880. The van der Waals surface area contributed by atoms with Gasteiger partial charge in [-0.2, -0.15) is 0 Å². The Balaban J connectivity index is 4.07. The second-order valence-corrected chi connectivity index (χ2v) is 24.9. The number of rotatable bonds is 61. The average molecular weight is 1190 g/mol. The molecule has 0 aromatic carbocycles. The number of unbranched alkanes of at least 4 members (excludes halogenated alkanes) is 25. The molecule has 0 spiro atoms. The van der Waals surface area contributed by atoms with Gasteiger partial charge in [-0.1, -0.05) is 282 Å². The fourth-order valence-electron chi connectivity index (χ4n) is 9.05. The van der Waals surface area contributed by atoms with Crippen LogP contribution in [0.4, 0.5) is 0 Å². The molecule has 0 amide bonds. The summed E-state index contributed by atoms with van der Waals surface area (Å²) in [4.78, 5) is 35.8. The topological polar surface area (TPSA) is 108 Å². The van der Waals surface area contributed by atoms with E-state index in [-0.39, 0.29) is 32.0 Å². The number of esters is 2. The molecule has 0 heterocycles. The first-order valence-electron chi connectivity index (χ1n) is 33.9. The van der Waals surface area contributed by atoms with Crippen LogP contribution in [-0.4, -0.2) is 74.9 Å². The fourth-order valence-corrected chi connectivity index (χ4v) is 9.79. The van der Waals surface area contributed by atoms with Crippen LogP contribution in [0.5, 0.6) is 0 Å². The number of hydrogen-bond acceptors (Lipinski definition) is 7. The van der Waals surface area contributed by atoms with E-state index in [9.17, 15) is 19.0 Å². The van der Waals surface area contributed by atoms with Gasteiger partial charge < -0.3 is 18.9 Å². The van der Waals surface area contributed by atoms with Gasteiger partial charge in [0, 0.05) is 12.8 Å². The minimum absolute atomic E-state index is 0.0259. The van der Waals surface area contributed by atoms with Gasteiger partial charge in [-0.05, 0) is 109 Å². The summed E-state index contributed by atoms with van der Waals surface area (Å²) in [6.45, 7) is 4.21. The summed E-state index contributed by atoms with van der Waals surface area (Å²) in [6.07, 6.45) is 92.6. The minimum Gasteiger partial charge on any atom is -0.462 e. The van der Waals surface area contributed by atoms with Gasteiger partial charge in [0.1, 0.15) is 19.8 Å². The first kappa shape index (κ1) is 80.2. The van der Waals surface area contributed by atoms with Crippen molar-refractivity contribution in [1.82, 2.24) is 0 Å². The first-order chi connectivity index (χ1) is 41.0. The number of carbonyl (C=O) groups is 2. The van der Waals surface area contributed by atoms with Crippen LogP contribution in [0.25, 0.3) is 0 Å². The van der Waals surface area contributed by atoms with Crippen LogP contribution < -0.4 is 0 Å². The van der Waals surface area contributed by atoms with Crippen LogP contribution in [-0.2, 0) is 32.7 Å². The number of phosphoric acid groups is 1. The number of ether oxygens (including phenoxy) is 2. The van der Waals surface area contributed by atoms with Crippen molar-refractivity contribution in [2.75, 3.05) is 47.5 Å². The zero-order valence-electron chi connectivity index (χ0n) is 54.6. The third-order valence-electron chi connectivity index (χ3n) is 14.2. The van der Waals surface area contributed by atoms with Gasteiger partial charge in [0.2, 0.25) is 0 Å². The second kappa shape index (κ2) is 63.6. The highest BCUT2D eigenvalue weighted by molar-refractivity contribution is 7.47. The Hall–Kier alpha value is -3.85. The third kappa shape index (κ3) is 67.3. The molecular formula is C74H127NO8P+. The number of nitrogens with zero attached hydrogens (tertiary/aromatic N) is 1. The van der Waals surface area contributed by atoms with Gasteiger partial charge in [-0.15, -0.1) is 0 Å². The Morgan fingerprint density at radius 2 is 0.643 bits per heavy atom. The van der Waals surface area contributed by atoms with Crippen molar-refractivity contribution in [3.8, 4) is 0 Å². The second-order valence-electron chi connectivity index (χ2n) is 23.4. The molecule has 10 heteroatoms. The Kier molecular flexibility index (Phi) is 60.7. The SMILES string of the molecule is CC/C=C\C/C=C\C/C=C\C/C=C\C/C=C\C/C=C\C/C=C\CCCCCCCCCCCCCCCCCC(=O)OC(COC(=O)CCCCCCCCCCCC/C=C\C/C=C\C/C=C\C/C=C\CC)COP(=O)(O)OCC[N+](C)(C)C. The summed E-state index contributed by atoms with van der Waals surface area (Å²) >= 11 is 0. The van der Waals surface area contributed by atoms with Crippen LogP contribution in [0.15, 0.2) is 134 Å². The van der Waals surface area contributed by atoms with E-state index in [1.54, 1.807) is 0 Å². The van der Waals surface area contributed by atoms with E-state index in [1.807, 2.05) is 21.1 Å². The van der Waals surface area contributed by atoms with Crippen molar-refractivity contribution in [2.45, 2.75) is 277 Å². The van der Waals surface area contributed by atoms with E-state index in [0.29, 0.717) is 17.4 Å². The molecule has 0 aromatic rings. The number of phosphoric ester groups is 1. The van der Waals surface area contributed by atoms with Gasteiger partial charge in [0.25, 0.3) is 0 Å². The Morgan fingerprint density at radius 3 is 0.952 bits per heavy atom. The lowest BCUT2D eigenvalue weighted by Gasteiger charge is -2.24. The molecule has 0 aliphatic rings. The molecule has 0 radical (unpaired) electrons. The number of carbonyl (C=O) groups excluding carboxylic acids is 2. The molecule has 9 nitrogen and oxygen atoms in total. The molecule has 0 aliphatic heterocycles. The monoisotopic (exact) mass is 1190 g/mol. The van der Waals surface area contributed by atoms with E-state index in [2.05, 4.69) is 148 Å². The summed E-state index contributed by atoms with van der Waals surface area (Å²) in [5.41, 5.74) is 0. The molecule has 0 aromatic heterocycles. The van der Waals surface area contributed by atoms with Crippen molar-refractivity contribution in [1.29, 1.82) is 0 Å². The normalized spacial score (nSPS) is 14.0. The largest absolute Gasteiger partial charge is 0.472 e. The highest BCUT2D eigenvalue weighted by Crippen LogP contribution is 2.43. The van der Waals surface area contributed by atoms with E-state index >= 15 is 0 Å². The molecule has 2 unspecified atom stereocenters. The van der Waals surface area contributed by atoms with Gasteiger partial charge in [0.15, 0.2) is 6.10 Å². The molecule has 0 fully saturated rings. The highest BCUT2D eigenvalue weighted by Gasteiger charge is 2.27. The van der Waals surface area contributed by atoms with Crippen LogP contribution in [0, 0.1) is 0 Å². The van der Waals surface area contributed by atoms with Gasteiger partial charge >= 0.3 is 19.8 Å². The number of quaternary nitrogens is 1. The lowest BCUT2D eigenvalue weighted by atomic mass is 10.0. The molecule has 0 saturated heterocycles. The zero-order valence-corrected chi connectivity index (χ0v) is 55.5. The molecule has 84 heavy (non-hydrogen) atoms. The van der Waals surface area contributed by atoms with Crippen LogP contribution in [0.3, 0.4) is 0 Å². The third-order valence-corrected chi connectivity index (χ3v) is 15.2. The maximum Gasteiger partial charge on any atom is 0.472 e.